The van der Waals surface area contributed by atoms with E-state index >= 15 is 0 Å². The monoisotopic (exact) mass is 245 g/mol. The van der Waals surface area contributed by atoms with Gasteiger partial charge in [0.1, 0.15) is 0 Å². The second-order valence-corrected chi connectivity index (χ2v) is 5.70. The van der Waals surface area contributed by atoms with E-state index in [1.54, 1.807) is 7.11 Å². The molecule has 0 bridgehead atoms. The van der Waals surface area contributed by atoms with Crippen LogP contribution in [0, 0.1) is 11.3 Å². The van der Waals surface area contributed by atoms with E-state index in [0.717, 1.165) is 0 Å². The van der Waals surface area contributed by atoms with Crippen molar-refractivity contribution in [1.82, 2.24) is 5.32 Å². The van der Waals surface area contributed by atoms with Crippen LogP contribution in [0.4, 0.5) is 0 Å². The highest BCUT2D eigenvalue weighted by molar-refractivity contribution is 5.76. The van der Waals surface area contributed by atoms with E-state index in [1.807, 2.05) is 0 Å². The second-order valence-electron chi connectivity index (χ2n) is 5.70. The molecule has 0 saturated heterocycles. The molecule has 17 heavy (non-hydrogen) atoms. The van der Waals surface area contributed by atoms with Crippen molar-refractivity contribution in [1.29, 1.82) is 0 Å². The first kappa shape index (κ1) is 16.4. The predicted molar refractivity (Wildman–Crippen MR) is 68.7 cm³/mol. The molecule has 4 nitrogen and oxygen atoms in total. The van der Waals surface area contributed by atoms with Crippen molar-refractivity contribution in [2.24, 2.45) is 11.3 Å². The Balaban J connectivity index is 4.06. The van der Waals surface area contributed by atoms with Crippen molar-refractivity contribution < 1.29 is 14.6 Å². The molecule has 1 amide bonds. The molecule has 102 valence electrons. The van der Waals surface area contributed by atoms with Crippen molar-refractivity contribution >= 4 is 5.91 Å². The Morgan fingerprint density at radius 2 is 2.00 bits per heavy atom. The molecule has 0 fully saturated rings. The number of carbonyl (C=O) groups excluding carboxylic acids is 1. The minimum atomic E-state index is -0.199. The quantitative estimate of drug-likeness (QED) is 0.716. The molecule has 2 unspecified atom stereocenters. The highest BCUT2D eigenvalue weighted by Gasteiger charge is 2.23. The van der Waals surface area contributed by atoms with Crippen molar-refractivity contribution in [3.8, 4) is 0 Å². The van der Waals surface area contributed by atoms with Crippen LogP contribution < -0.4 is 5.32 Å². The van der Waals surface area contributed by atoms with E-state index in [0.29, 0.717) is 25.4 Å². The van der Waals surface area contributed by atoms with E-state index in [4.69, 9.17) is 9.84 Å². The summed E-state index contributed by atoms with van der Waals surface area (Å²) in [6.07, 6.45) is 1.13. The Morgan fingerprint density at radius 1 is 1.41 bits per heavy atom. The lowest BCUT2D eigenvalue weighted by Gasteiger charge is -2.27. The van der Waals surface area contributed by atoms with Crippen LogP contribution in [0.25, 0.3) is 0 Å². The van der Waals surface area contributed by atoms with Crippen LogP contribution in [0.3, 0.4) is 0 Å². The lowest BCUT2D eigenvalue weighted by atomic mass is 9.80. The van der Waals surface area contributed by atoms with Gasteiger partial charge in [0.05, 0.1) is 12.6 Å². The zero-order valence-electron chi connectivity index (χ0n) is 11.7. The fraction of sp³-hybridized carbons (Fsp3) is 0.923. The largest absolute Gasteiger partial charge is 0.394 e. The molecule has 0 saturated carbocycles. The molecule has 0 spiro atoms. The van der Waals surface area contributed by atoms with Crippen LogP contribution in [-0.2, 0) is 9.53 Å². The number of carbonyl (C=O) groups is 1. The fourth-order valence-corrected chi connectivity index (χ4v) is 1.34. The Labute approximate surface area is 105 Å². The first-order valence-corrected chi connectivity index (χ1v) is 6.20. The zero-order valence-corrected chi connectivity index (χ0v) is 11.7. The van der Waals surface area contributed by atoms with Gasteiger partial charge in [0.25, 0.3) is 0 Å². The molecule has 2 N–H and O–H groups in total. The Hall–Kier alpha value is -0.610. The summed E-state index contributed by atoms with van der Waals surface area (Å²) in [7, 11) is 1.61. The fourth-order valence-electron chi connectivity index (χ4n) is 1.34. The summed E-state index contributed by atoms with van der Waals surface area (Å²) < 4.78 is 4.93. The predicted octanol–water partition coefficient (Wildman–Crippen LogP) is 1.57. The number of methoxy groups -OCH3 is 1. The number of rotatable bonds is 7. The summed E-state index contributed by atoms with van der Waals surface area (Å²) in [4.78, 5) is 11.8. The van der Waals surface area contributed by atoms with E-state index in [9.17, 15) is 4.79 Å². The number of ether oxygens (including phenoxy) is 1. The third-order valence-corrected chi connectivity index (χ3v) is 3.23. The lowest BCUT2D eigenvalue weighted by molar-refractivity contribution is -0.123. The summed E-state index contributed by atoms with van der Waals surface area (Å²) in [5.41, 5.74) is 0.124. The number of hydrogen-bond acceptors (Lipinski definition) is 3. The third kappa shape index (κ3) is 7.34. The summed E-state index contributed by atoms with van der Waals surface area (Å²) in [5, 5.41) is 12.0. The van der Waals surface area contributed by atoms with E-state index in [2.05, 4.69) is 33.0 Å². The van der Waals surface area contributed by atoms with Crippen molar-refractivity contribution in [3.63, 3.8) is 0 Å². The van der Waals surface area contributed by atoms with Gasteiger partial charge >= 0.3 is 0 Å². The molecule has 0 aliphatic rings. The molecule has 0 rings (SSSR count). The number of aliphatic hydroxyl groups is 1. The van der Waals surface area contributed by atoms with E-state index < -0.39 is 0 Å². The molecule has 0 heterocycles. The van der Waals surface area contributed by atoms with Gasteiger partial charge in [0.15, 0.2) is 0 Å². The van der Waals surface area contributed by atoms with E-state index in [1.165, 1.54) is 0 Å². The van der Waals surface area contributed by atoms with Crippen LogP contribution in [0.1, 0.15) is 40.5 Å². The highest BCUT2D eigenvalue weighted by atomic mass is 16.5. The van der Waals surface area contributed by atoms with Gasteiger partial charge in [-0.25, -0.2) is 0 Å². The minimum absolute atomic E-state index is 0.00239. The van der Waals surface area contributed by atoms with Crippen LogP contribution in [0.5, 0.6) is 0 Å². The number of amides is 1. The molecule has 2 atom stereocenters. The Bertz CT molecular complexity index is 223. The minimum Gasteiger partial charge on any atom is -0.394 e. The molecule has 0 aromatic heterocycles. The molecule has 4 heteroatoms. The molecule has 0 aliphatic carbocycles. The first-order valence-electron chi connectivity index (χ1n) is 6.20. The number of nitrogens with one attached hydrogen (secondary N) is 1. The second kappa shape index (κ2) is 7.67. The summed E-state index contributed by atoms with van der Waals surface area (Å²) in [5.74, 6) is 0.312. The van der Waals surface area contributed by atoms with Gasteiger partial charge in [-0.15, -0.1) is 0 Å². The standard InChI is InChI=1S/C13H27NO3/c1-10(13(2,3)4)8-12(16)14-11(9-15)6-7-17-5/h10-11,15H,6-9H2,1-5H3,(H,14,16). The molecule has 0 radical (unpaired) electrons. The maximum absolute atomic E-state index is 11.8. The van der Waals surface area contributed by atoms with Gasteiger partial charge in [-0.3, -0.25) is 4.79 Å². The van der Waals surface area contributed by atoms with Crippen molar-refractivity contribution in [3.05, 3.63) is 0 Å². The SMILES string of the molecule is COCCC(CO)NC(=O)CC(C)C(C)(C)C. The van der Waals surface area contributed by atoms with Crippen LogP contribution in [0.15, 0.2) is 0 Å². The van der Waals surface area contributed by atoms with Crippen LogP contribution >= 0.6 is 0 Å². The first-order chi connectivity index (χ1) is 7.81. The van der Waals surface area contributed by atoms with E-state index in [-0.39, 0.29) is 24.0 Å². The average Bonchev–Trinajstić information content (AvgIpc) is 2.22. The number of aliphatic hydroxyl groups excluding tert-OH is 1. The summed E-state index contributed by atoms with van der Waals surface area (Å²) in [6.45, 7) is 8.94. The molecular formula is C13H27NO3. The van der Waals surface area contributed by atoms with Crippen LogP contribution in [-0.4, -0.2) is 37.4 Å². The maximum atomic E-state index is 11.8. The van der Waals surface area contributed by atoms with Gasteiger partial charge < -0.3 is 15.2 Å². The summed E-state index contributed by atoms with van der Waals surface area (Å²) in [6, 6.07) is -0.199. The number of hydrogen-bond donors (Lipinski definition) is 2. The average molecular weight is 245 g/mol. The summed E-state index contributed by atoms with van der Waals surface area (Å²) >= 11 is 0. The lowest BCUT2D eigenvalue weighted by Crippen LogP contribution is -2.39. The van der Waals surface area contributed by atoms with Crippen molar-refractivity contribution in [2.75, 3.05) is 20.3 Å². The normalized spacial score (nSPS) is 15.4. The maximum Gasteiger partial charge on any atom is 0.220 e. The third-order valence-electron chi connectivity index (χ3n) is 3.23. The molecular weight excluding hydrogens is 218 g/mol. The topological polar surface area (TPSA) is 58.6 Å². The van der Waals surface area contributed by atoms with Gasteiger partial charge in [-0.1, -0.05) is 27.7 Å². The molecule has 0 aromatic carbocycles. The van der Waals surface area contributed by atoms with Crippen molar-refractivity contribution in [2.45, 2.75) is 46.6 Å². The molecule has 0 aromatic rings. The van der Waals surface area contributed by atoms with Gasteiger partial charge in [0, 0.05) is 20.1 Å². The molecule has 0 aliphatic heterocycles. The Morgan fingerprint density at radius 3 is 2.41 bits per heavy atom. The Kier molecular flexibility index (Phi) is 7.39. The van der Waals surface area contributed by atoms with Crippen LogP contribution in [0.2, 0.25) is 0 Å². The van der Waals surface area contributed by atoms with Gasteiger partial charge in [-0.2, -0.15) is 0 Å². The van der Waals surface area contributed by atoms with Gasteiger partial charge in [0.2, 0.25) is 5.91 Å². The zero-order chi connectivity index (χ0) is 13.5. The van der Waals surface area contributed by atoms with Gasteiger partial charge in [-0.05, 0) is 17.8 Å². The highest BCUT2D eigenvalue weighted by Crippen LogP contribution is 2.27. The smallest absolute Gasteiger partial charge is 0.220 e.